The van der Waals surface area contributed by atoms with E-state index in [-0.39, 0.29) is 23.4 Å². The Labute approximate surface area is 133 Å². The smallest absolute Gasteiger partial charge is 0.287 e. The zero-order valence-electron chi connectivity index (χ0n) is 13.2. The van der Waals surface area contributed by atoms with Crippen molar-refractivity contribution >= 4 is 16.9 Å². The first-order valence-electron chi connectivity index (χ1n) is 7.70. The van der Waals surface area contributed by atoms with Gasteiger partial charge in [0.25, 0.3) is 5.91 Å². The Morgan fingerprint density at radius 1 is 1.35 bits per heavy atom. The second kappa shape index (κ2) is 6.29. The molecule has 0 spiro atoms. The fourth-order valence-electron chi connectivity index (χ4n) is 2.86. The number of hydrogen-bond acceptors (Lipinski definition) is 4. The van der Waals surface area contributed by atoms with E-state index in [0.717, 1.165) is 0 Å². The summed E-state index contributed by atoms with van der Waals surface area (Å²) in [4.78, 5) is 12.2. The van der Waals surface area contributed by atoms with Crippen LogP contribution >= 0.6 is 0 Å². The minimum absolute atomic E-state index is 0.178. The minimum atomic E-state index is -0.568. The second-order valence-corrected chi connectivity index (χ2v) is 6.14. The van der Waals surface area contributed by atoms with Gasteiger partial charge in [0, 0.05) is 18.4 Å². The molecule has 3 rings (SSSR count). The van der Waals surface area contributed by atoms with E-state index in [1.807, 2.05) is 13.8 Å². The van der Waals surface area contributed by atoms with Crippen LogP contribution in [0.2, 0.25) is 0 Å². The Kier molecular flexibility index (Phi) is 4.37. The summed E-state index contributed by atoms with van der Waals surface area (Å²) in [6, 6.07) is 5.70. The van der Waals surface area contributed by atoms with Crippen LogP contribution in [0.25, 0.3) is 11.0 Å². The number of rotatable bonds is 5. The Morgan fingerprint density at radius 3 is 2.83 bits per heavy atom. The molecular weight excluding hydrogens is 301 g/mol. The summed E-state index contributed by atoms with van der Waals surface area (Å²) < 4.78 is 29.7. The highest BCUT2D eigenvalue weighted by molar-refractivity contribution is 5.96. The molecule has 0 bridgehead atoms. The average molecular weight is 321 g/mol. The zero-order chi connectivity index (χ0) is 16.4. The minimum Gasteiger partial charge on any atom is -0.451 e. The first kappa shape index (κ1) is 16.0. The summed E-state index contributed by atoms with van der Waals surface area (Å²) in [7, 11) is 0. The largest absolute Gasteiger partial charge is 0.451 e. The quantitative estimate of drug-likeness (QED) is 0.919. The van der Waals surface area contributed by atoms with Crippen LogP contribution in [-0.2, 0) is 9.47 Å². The standard InChI is InChI=1S/C17H20FNO4/c1-11(9-17(2)21-5-6-22-17)10-19-16(20)15-8-12-7-13(18)3-4-14(12)23-15/h3-4,7-8,11H,5-6,9-10H2,1-2H3,(H,19,20)/t11-/m0/s1. The molecule has 5 nitrogen and oxygen atoms in total. The molecule has 1 aromatic carbocycles. The Bertz CT molecular complexity index is 706. The number of halogens is 1. The van der Waals surface area contributed by atoms with Gasteiger partial charge in [-0.2, -0.15) is 0 Å². The van der Waals surface area contributed by atoms with Gasteiger partial charge < -0.3 is 19.2 Å². The lowest BCUT2D eigenvalue weighted by Gasteiger charge is -2.25. The molecule has 0 radical (unpaired) electrons. The molecule has 1 aromatic heterocycles. The van der Waals surface area contributed by atoms with Crippen LogP contribution in [0.3, 0.4) is 0 Å². The van der Waals surface area contributed by atoms with Crippen LogP contribution in [0.4, 0.5) is 4.39 Å². The van der Waals surface area contributed by atoms with Crippen molar-refractivity contribution in [2.45, 2.75) is 26.1 Å². The van der Waals surface area contributed by atoms with Crippen molar-refractivity contribution < 1.29 is 23.1 Å². The van der Waals surface area contributed by atoms with Gasteiger partial charge in [0.2, 0.25) is 0 Å². The van der Waals surface area contributed by atoms with E-state index in [1.165, 1.54) is 18.2 Å². The molecule has 6 heteroatoms. The maximum atomic E-state index is 13.2. The third-order valence-corrected chi connectivity index (χ3v) is 3.93. The van der Waals surface area contributed by atoms with Gasteiger partial charge in [-0.1, -0.05) is 6.92 Å². The maximum absolute atomic E-state index is 13.2. The number of amides is 1. The van der Waals surface area contributed by atoms with Crippen molar-refractivity contribution in [3.8, 4) is 0 Å². The number of carbonyl (C=O) groups excluding carboxylic acids is 1. The normalized spacial score (nSPS) is 18.2. The van der Waals surface area contributed by atoms with Crippen LogP contribution < -0.4 is 5.32 Å². The molecule has 1 saturated heterocycles. The summed E-state index contributed by atoms with van der Waals surface area (Å²) in [6.45, 7) is 5.61. The number of furan rings is 1. The molecule has 1 aliphatic heterocycles. The van der Waals surface area contributed by atoms with Gasteiger partial charge in [-0.3, -0.25) is 4.79 Å². The van der Waals surface area contributed by atoms with Crippen molar-refractivity contribution in [2.75, 3.05) is 19.8 Å². The molecule has 0 aliphatic carbocycles. The zero-order valence-corrected chi connectivity index (χ0v) is 13.2. The van der Waals surface area contributed by atoms with Crippen LogP contribution in [0, 0.1) is 11.7 Å². The lowest BCUT2D eigenvalue weighted by atomic mass is 10.0. The molecule has 23 heavy (non-hydrogen) atoms. The van der Waals surface area contributed by atoms with Gasteiger partial charge >= 0.3 is 0 Å². The highest BCUT2D eigenvalue weighted by atomic mass is 19.1. The van der Waals surface area contributed by atoms with Gasteiger partial charge in [0.05, 0.1) is 13.2 Å². The molecule has 0 unspecified atom stereocenters. The van der Waals surface area contributed by atoms with Gasteiger partial charge in [-0.15, -0.1) is 0 Å². The summed E-state index contributed by atoms with van der Waals surface area (Å²) >= 11 is 0. The molecular formula is C17H20FNO4. The van der Waals surface area contributed by atoms with Gasteiger partial charge in [-0.05, 0) is 37.1 Å². The first-order valence-corrected chi connectivity index (χ1v) is 7.70. The lowest BCUT2D eigenvalue weighted by Crippen LogP contribution is -2.34. The average Bonchev–Trinajstić information content (AvgIpc) is 3.10. The first-order chi connectivity index (χ1) is 11.0. The fraction of sp³-hybridized carbons (Fsp3) is 0.471. The van der Waals surface area contributed by atoms with Crippen molar-refractivity contribution in [2.24, 2.45) is 5.92 Å². The van der Waals surface area contributed by atoms with Crippen molar-refractivity contribution in [3.63, 3.8) is 0 Å². The van der Waals surface area contributed by atoms with Gasteiger partial charge in [-0.25, -0.2) is 4.39 Å². The van der Waals surface area contributed by atoms with E-state index >= 15 is 0 Å². The Hall–Kier alpha value is -1.92. The number of fused-ring (bicyclic) bond motifs is 1. The Morgan fingerprint density at radius 2 is 2.09 bits per heavy atom. The molecule has 1 fully saturated rings. The van der Waals surface area contributed by atoms with E-state index in [1.54, 1.807) is 6.07 Å². The summed E-state index contributed by atoms with van der Waals surface area (Å²) in [5, 5.41) is 3.40. The van der Waals surface area contributed by atoms with E-state index in [0.29, 0.717) is 37.1 Å². The fourth-order valence-corrected chi connectivity index (χ4v) is 2.86. The number of nitrogens with one attached hydrogen (secondary N) is 1. The van der Waals surface area contributed by atoms with Crippen molar-refractivity contribution in [3.05, 3.63) is 35.8 Å². The number of hydrogen-bond donors (Lipinski definition) is 1. The lowest BCUT2D eigenvalue weighted by molar-refractivity contribution is -0.153. The Balaban J connectivity index is 1.57. The summed E-state index contributed by atoms with van der Waals surface area (Å²) in [5.41, 5.74) is 0.491. The van der Waals surface area contributed by atoms with Crippen LogP contribution in [0.15, 0.2) is 28.7 Å². The highest BCUT2D eigenvalue weighted by Crippen LogP contribution is 2.26. The number of carbonyl (C=O) groups is 1. The summed E-state index contributed by atoms with van der Waals surface area (Å²) in [5.74, 6) is -0.877. The molecule has 0 saturated carbocycles. The van der Waals surface area contributed by atoms with Crippen LogP contribution in [-0.4, -0.2) is 31.5 Å². The number of ether oxygens (including phenoxy) is 2. The molecule has 2 aromatic rings. The molecule has 1 N–H and O–H groups in total. The van der Waals surface area contributed by atoms with Crippen molar-refractivity contribution in [1.29, 1.82) is 0 Å². The molecule has 1 atom stereocenters. The second-order valence-electron chi connectivity index (χ2n) is 6.14. The highest BCUT2D eigenvalue weighted by Gasteiger charge is 2.32. The van der Waals surface area contributed by atoms with Crippen molar-refractivity contribution in [1.82, 2.24) is 5.32 Å². The third kappa shape index (κ3) is 3.71. The third-order valence-electron chi connectivity index (χ3n) is 3.93. The van der Waals surface area contributed by atoms with E-state index < -0.39 is 5.79 Å². The van der Waals surface area contributed by atoms with Gasteiger partial charge in [0.1, 0.15) is 11.4 Å². The topological polar surface area (TPSA) is 60.7 Å². The summed E-state index contributed by atoms with van der Waals surface area (Å²) in [6.07, 6.45) is 0.693. The molecule has 1 aliphatic rings. The predicted octanol–water partition coefficient (Wildman–Crippen LogP) is 3.09. The van der Waals surface area contributed by atoms with E-state index in [2.05, 4.69) is 5.32 Å². The van der Waals surface area contributed by atoms with E-state index in [9.17, 15) is 9.18 Å². The van der Waals surface area contributed by atoms with Gasteiger partial charge in [0.15, 0.2) is 11.5 Å². The maximum Gasteiger partial charge on any atom is 0.287 e. The predicted molar refractivity (Wildman–Crippen MR) is 82.6 cm³/mol. The molecule has 2 heterocycles. The monoisotopic (exact) mass is 321 g/mol. The van der Waals surface area contributed by atoms with Crippen LogP contribution in [0.5, 0.6) is 0 Å². The SMILES string of the molecule is C[C@H](CNC(=O)c1cc2cc(F)ccc2o1)CC1(C)OCCO1. The molecule has 124 valence electrons. The number of benzene rings is 1. The van der Waals surface area contributed by atoms with Crippen LogP contribution in [0.1, 0.15) is 30.8 Å². The molecule has 1 amide bonds. The van der Waals surface area contributed by atoms with E-state index in [4.69, 9.17) is 13.9 Å².